The molecule has 2 nitrogen and oxygen atoms in total. The lowest BCUT2D eigenvalue weighted by atomic mass is 10.1. The minimum absolute atomic E-state index is 0.0196. The van der Waals surface area contributed by atoms with E-state index in [9.17, 15) is 0 Å². The lowest BCUT2D eigenvalue weighted by Gasteiger charge is -1.97. The van der Waals surface area contributed by atoms with Crippen LogP contribution in [0, 0.1) is 17.2 Å². The van der Waals surface area contributed by atoms with Gasteiger partial charge in [0.05, 0.1) is 12.0 Å². The average molecular weight is 180 g/mol. The highest BCUT2D eigenvalue weighted by atomic mass is 14.7. The molecule has 0 fully saturated rings. The van der Waals surface area contributed by atoms with Crippen molar-refractivity contribution < 1.29 is 0 Å². The Kier molecular flexibility index (Phi) is 8.65. The van der Waals surface area contributed by atoms with Crippen LogP contribution in [-0.2, 0) is 0 Å². The molecule has 1 unspecified atom stereocenters. The molecule has 0 aromatic heterocycles. The monoisotopic (exact) mass is 180 g/mol. The second kappa shape index (κ2) is 9.25. The van der Waals surface area contributed by atoms with E-state index in [-0.39, 0.29) is 5.92 Å². The Morgan fingerprint density at radius 1 is 1.31 bits per heavy atom. The van der Waals surface area contributed by atoms with Crippen molar-refractivity contribution in [2.24, 2.45) is 10.9 Å². The van der Waals surface area contributed by atoms with Crippen molar-refractivity contribution in [3.8, 4) is 6.07 Å². The maximum Gasteiger partial charge on any atom is 0.0808 e. The van der Waals surface area contributed by atoms with Crippen molar-refractivity contribution >= 4 is 6.21 Å². The quantitative estimate of drug-likeness (QED) is 0.438. The van der Waals surface area contributed by atoms with E-state index >= 15 is 0 Å². The molecule has 74 valence electrons. The fourth-order valence-electron chi connectivity index (χ4n) is 1.06. The molecule has 0 aromatic rings. The van der Waals surface area contributed by atoms with Gasteiger partial charge in [0.15, 0.2) is 0 Å². The van der Waals surface area contributed by atoms with Crippen LogP contribution >= 0.6 is 0 Å². The Balaban J connectivity index is 3.35. The minimum Gasteiger partial charge on any atom is -0.296 e. The van der Waals surface area contributed by atoms with Crippen LogP contribution < -0.4 is 0 Å². The van der Waals surface area contributed by atoms with E-state index in [1.54, 1.807) is 6.21 Å². The number of nitriles is 1. The van der Waals surface area contributed by atoms with E-state index in [2.05, 4.69) is 18.0 Å². The van der Waals surface area contributed by atoms with E-state index in [4.69, 9.17) is 5.26 Å². The van der Waals surface area contributed by atoms with Crippen LogP contribution in [-0.4, -0.2) is 12.8 Å². The Morgan fingerprint density at radius 2 is 2.08 bits per heavy atom. The molecule has 1 atom stereocenters. The van der Waals surface area contributed by atoms with Crippen LogP contribution in [0.3, 0.4) is 0 Å². The fourth-order valence-corrected chi connectivity index (χ4v) is 1.06. The molecule has 0 aliphatic heterocycles. The van der Waals surface area contributed by atoms with Crippen LogP contribution in [0.1, 0.15) is 46.0 Å². The number of unbranched alkanes of at least 4 members (excludes halogenated alkanes) is 3. The van der Waals surface area contributed by atoms with Gasteiger partial charge in [-0.1, -0.05) is 33.1 Å². The third-order valence-electron chi connectivity index (χ3n) is 2.03. The molecule has 0 aliphatic rings. The van der Waals surface area contributed by atoms with Crippen LogP contribution in [0.4, 0.5) is 0 Å². The molecule has 0 saturated heterocycles. The van der Waals surface area contributed by atoms with E-state index in [0.29, 0.717) is 0 Å². The summed E-state index contributed by atoms with van der Waals surface area (Å²) in [5, 5.41) is 8.63. The molecular formula is C11H20N2. The first-order valence-corrected chi connectivity index (χ1v) is 5.24. The van der Waals surface area contributed by atoms with Crippen molar-refractivity contribution in [3.05, 3.63) is 0 Å². The molecule has 0 amide bonds. The fraction of sp³-hybridized carbons (Fsp3) is 0.818. The van der Waals surface area contributed by atoms with Gasteiger partial charge in [0, 0.05) is 12.8 Å². The molecule has 0 aliphatic carbocycles. The van der Waals surface area contributed by atoms with Gasteiger partial charge in [-0.15, -0.1) is 0 Å². The summed E-state index contributed by atoms with van der Waals surface area (Å²) in [6.45, 7) is 5.10. The number of nitrogens with zero attached hydrogens (tertiary/aromatic N) is 2. The zero-order valence-corrected chi connectivity index (χ0v) is 8.79. The maximum atomic E-state index is 8.63. The van der Waals surface area contributed by atoms with Crippen molar-refractivity contribution in [3.63, 3.8) is 0 Å². The van der Waals surface area contributed by atoms with Crippen molar-refractivity contribution in [2.45, 2.75) is 46.0 Å². The van der Waals surface area contributed by atoms with Gasteiger partial charge in [0.25, 0.3) is 0 Å². The Hall–Kier alpha value is -0.840. The first kappa shape index (κ1) is 12.2. The zero-order valence-electron chi connectivity index (χ0n) is 8.79. The predicted molar refractivity (Wildman–Crippen MR) is 56.9 cm³/mol. The Morgan fingerprint density at radius 3 is 2.62 bits per heavy atom. The van der Waals surface area contributed by atoms with Gasteiger partial charge in [-0.2, -0.15) is 5.26 Å². The summed E-state index contributed by atoms with van der Waals surface area (Å²) in [4.78, 5) is 4.24. The van der Waals surface area contributed by atoms with Gasteiger partial charge in [-0.3, -0.25) is 4.99 Å². The highest BCUT2D eigenvalue weighted by molar-refractivity contribution is 5.63. The molecule has 2 heteroatoms. The molecule has 0 saturated carbocycles. The molecule has 0 N–H and O–H groups in total. The topological polar surface area (TPSA) is 36.1 Å². The summed E-state index contributed by atoms with van der Waals surface area (Å²) in [5.74, 6) is 0.0196. The smallest absolute Gasteiger partial charge is 0.0808 e. The lowest BCUT2D eigenvalue weighted by molar-refractivity contribution is 0.674. The molecule has 0 radical (unpaired) electrons. The van der Waals surface area contributed by atoms with Gasteiger partial charge in [0.2, 0.25) is 0 Å². The van der Waals surface area contributed by atoms with E-state index in [0.717, 1.165) is 19.4 Å². The molecule has 0 bridgehead atoms. The number of aliphatic imine (C=N–C) groups is 1. The summed E-state index contributed by atoms with van der Waals surface area (Å²) in [7, 11) is 0. The van der Waals surface area contributed by atoms with Gasteiger partial charge >= 0.3 is 0 Å². The normalized spacial score (nSPS) is 13.0. The maximum absolute atomic E-state index is 8.63. The number of rotatable bonds is 7. The number of hydrogen-bond acceptors (Lipinski definition) is 2. The third kappa shape index (κ3) is 7.52. The van der Waals surface area contributed by atoms with Gasteiger partial charge in [-0.05, 0) is 12.8 Å². The van der Waals surface area contributed by atoms with Gasteiger partial charge in [-0.25, -0.2) is 0 Å². The average Bonchev–Trinajstić information content (AvgIpc) is 2.17. The summed E-state index contributed by atoms with van der Waals surface area (Å²) in [6.07, 6.45) is 7.65. The number of hydrogen-bond donors (Lipinski definition) is 0. The third-order valence-corrected chi connectivity index (χ3v) is 2.03. The summed E-state index contributed by atoms with van der Waals surface area (Å²) < 4.78 is 0. The Labute approximate surface area is 81.7 Å². The largest absolute Gasteiger partial charge is 0.296 e. The van der Waals surface area contributed by atoms with Crippen LogP contribution in [0.5, 0.6) is 0 Å². The first-order chi connectivity index (χ1) is 6.35. The second-order valence-corrected chi connectivity index (χ2v) is 3.26. The molecule has 13 heavy (non-hydrogen) atoms. The summed E-state index contributed by atoms with van der Waals surface area (Å²) in [6, 6.07) is 2.20. The van der Waals surface area contributed by atoms with Crippen molar-refractivity contribution in [2.75, 3.05) is 6.54 Å². The summed E-state index contributed by atoms with van der Waals surface area (Å²) >= 11 is 0. The highest BCUT2D eigenvalue weighted by Crippen LogP contribution is 2.00. The van der Waals surface area contributed by atoms with Gasteiger partial charge in [0.1, 0.15) is 0 Å². The van der Waals surface area contributed by atoms with Crippen LogP contribution in [0.25, 0.3) is 0 Å². The first-order valence-electron chi connectivity index (χ1n) is 5.24. The second-order valence-electron chi connectivity index (χ2n) is 3.26. The standard InChI is InChI=1S/C11H20N2/c1-3-5-6-7-8-13-10-11(4-2)9-12/h10-11H,3-8H2,1-2H3/b13-10+. The Bertz CT molecular complexity index is 167. The van der Waals surface area contributed by atoms with Crippen LogP contribution in [0.2, 0.25) is 0 Å². The molecule has 0 heterocycles. The molecule has 0 aromatic carbocycles. The van der Waals surface area contributed by atoms with Crippen molar-refractivity contribution in [1.29, 1.82) is 5.26 Å². The lowest BCUT2D eigenvalue weighted by Crippen LogP contribution is -1.96. The SMILES string of the molecule is CCCCCC/N=C/C(C#N)CC. The molecule has 0 rings (SSSR count). The van der Waals surface area contributed by atoms with Crippen LogP contribution in [0.15, 0.2) is 4.99 Å². The van der Waals surface area contributed by atoms with E-state index in [1.807, 2.05) is 6.92 Å². The van der Waals surface area contributed by atoms with E-state index in [1.165, 1.54) is 19.3 Å². The molecular weight excluding hydrogens is 160 g/mol. The summed E-state index contributed by atoms with van der Waals surface area (Å²) in [5.41, 5.74) is 0. The van der Waals surface area contributed by atoms with Crippen molar-refractivity contribution in [1.82, 2.24) is 0 Å². The molecule has 0 spiro atoms. The van der Waals surface area contributed by atoms with Gasteiger partial charge < -0.3 is 0 Å². The zero-order chi connectivity index (χ0) is 9.94. The van der Waals surface area contributed by atoms with E-state index < -0.39 is 0 Å². The predicted octanol–water partition coefficient (Wildman–Crippen LogP) is 3.19. The minimum atomic E-state index is 0.0196. The highest BCUT2D eigenvalue weighted by Gasteiger charge is 1.97.